The molecule has 47 heavy (non-hydrogen) atoms. The molecule has 0 N–H and O–H groups in total. The molecule has 3 aromatic rings. The van der Waals surface area contributed by atoms with Crippen LogP contribution in [-0.2, 0) is 47.7 Å². The minimum Gasteiger partial charge on any atom is -0.497 e. The second-order valence-electron chi connectivity index (χ2n) is 10.3. The summed E-state index contributed by atoms with van der Waals surface area (Å²) in [5.41, 5.74) is 0.105. The van der Waals surface area contributed by atoms with Crippen LogP contribution in [0.25, 0.3) is 22.1 Å². The Hall–Kier alpha value is -5.44. The molecule has 0 spiro atoms. The highest BCUT2D eigenvalue weighted by atomic mass is 16.7. The molecule has 5 atom stereocenters. The lowest BCUT2D eigenvalue weighted by molar-refractivity contribution is -0.288. The van der Waals surface area contributed by atoms with Crippen molar-refractivity contribution in [3.63, 3.8) is 0 Å². The van der Waals surface area contributed by atoms with Gasteiger partial charge >= 0.3 is 29.8 Å². The Labute approximate surface area is 267 Å². The summed E-state index contributed by atoms with van der Waals surface area (Å²) < 4.78 is 49.6. The van der Waals surface area contributed by atoms with E-state index in [1.54, 1.807) is 24.3 Å². The molecule has 0 amide bonds. The summed E-state index contributed by atoms with van der Waals surface area (Å²) in [7, 11) is 1.51. The lowest BCUT2D eigenvalue weighted by atomic mass is 9.98. The predicted octanol–water partition coefficient (Wildman–Crippen LogP) is 2.86. The first-order valence-corrected chi connectivity index (χ1v) is 14.2. The minimum absolute atomic E-state index is 0.0494. The van der Waals surface area contributed by atoms with Crippen molar-refractivity contribution in [2.24, 2.45) is 0 Å². The fourth-order valence-corrected chi connectivity index (χ4v) is 4.88. The molecule has 1 saturated heterocycles. The summed E-state index contributed by atoms with van der Waals surface area (Å²) in [6.45, 7) is 5.06. The Bertz CT molecular complexity index is 1720. The molecular weight excluding hydrogens is 624 g/mol. The number of methoxy groups -OCH3 is 1. The molecule has 1 aliphatic heterocycles. The van der Waals surface area contributed by atoms with Gasteiger partial charge in [-0.2, -0.15) is 0 Å². The maximum absolute atomic E-state index is 13.7. The van der Waals surface area contributed by atoms with E-state index in [0.29, 0.717) is 11.3 Å². The van der Waals surface area contributed by atoms with Crippen molar-refractivity contribution < 1.29 is 66.3 Å². The number of hydrogen-bond acceptors (Lipinski definition) is 15. The van der Waals surface area contributed by atoms with Gasteiger partial charge in [0.15, 0.2) is 12.2 Å². The van der Waals surface area contributed by atoms with Gasteiger partial charge < -0.3 is 42.3 Å². The van der Waals surface area contributed by atoms with Crippen molar-refractivity contribution in [2.45, 2.75) is 65.3 Å². The van der Waals surface area contributed by atoms with Crippen molar-refractivity contribution >= 4 is 40.8 Å². The Kier molecular flexibility index (Phi) is 10.8. The van der Waals surface area contributed by atoms with Gasteiger partial charge in [0.2, 0.25) is 17.8 Å². The number of hydrogen-bond donors (Lipinski definition) is 0. The first-order valence-electron chi connectivity index (χ1n) is 14.2. The average molecular weight is 657 g/mol. The van der Waals surface area contributed by atoms with E-state index >= 15 is 0 Å². The molecule has 1 aromatic heterocycles. The molecule has 2 heterocycles. The number of rotatable bonds is 10. The number of esters is 5. The molecule has 15 nitrogen and oxygen atoms in total. The van der Waals surface area contributed by atoms with Crippen molar-refractivity contribution in [1.82, 2.24) is 0 Å². The van der Waals surface area contributed by atoms with Crippen LogP contribution in [0.4, 0.5) is 0 Å². The van der Waals surface area contributed by atoms with Crippen LogP contribution < -0.4 is 19.6 Å². The summed E-state index contributed by atoms with van der Waals surface area (Å²) in [4.78, 5) is 73.7. The standard InChI is InChI=1S/C32H32O15/c1-15(33)40-14-26-29(43-17(3)35)30(44-18(4)36)31(45-19(5)37)32(47-26)46-22-11-24-27(25(12-22)42-16(2)34)28(38)23(13-41-24)20-7-9-21(39-6)10-8-20/h7-13,26,29-32H,14H2,1-6H3/t26-,29-,30+,31-,32-/m1/s1. The lowest BCUT2D eigenvalue weighted by Gasteiger charge is -2.43. The molecule has 4 rings (SSSR count). The third-order valence-corrected chi connectivity index (χ3v) is 6.67. The molecule has 0 bridgehead atoms. The van der Waals surface area contributed by atoms with Crippen molar-refractivity contribution in [3.8, 4) is 28.4 Å². The molecule has 0 saturated carbocycles. The Balaban J connectivity index is 1.81. The predicted molar refractivity (Wildman–Crippen MR) is 158 cm³/mol. The van der Waals surface area contributed by atoms with Crippen LogP contribution in [0.3, 0.4) is 0 Å². The van der Waals surface area contributed by atoms with E-state index in [9.17, 15) is 28.8 Å². The van der Waals surface area contributed by atoms with E-state index in [1.165, 1.54) is 25.5 Å². The van der Waals surface area contributed by atoms with E-state index in [2.05, 4.69) is 0 Å². The molecule has 15 heteroatoms. The summed E-state index contributed by atoms with van der Waals surface area (Å²) in [5, 5.41) is -0.0811. The highest BCUT2D eigenvalue weighted by molar-refractivity contribution is 5.90. The van der Waals surface area contributed by atoms with Crippen LogP contribution in [-0.4, -0.2) is 74.3 Å². The van der Waals surface area contributed by atoms with Gasteiger partial charge in [0.25, 0.3) is 0 Å². The molecule has 1 aliphatic rings. The zero-order valence-corrected chi connectivity index (χ0v) is 26.3. The van der Waals surface area contributed by atoms with Gasteiger partial charge in [0.1, 0.15) is 47.2 Å². The van der Waals surface area contributed by atoms with Crippen LogP contribution in [0.1, 0.15) is 34.6 Å². The normalized spacial score (nSPS) is 20.4. The Morgan fingerprint density at radius 1 is 0.745 bits per heavy atom. The number of carbonyl (C=O) groups is 5. The summed E-state index contributed by atoms with van der Waals surface area (Å²) in [6.07, 6.45) is -6.07. The Morgan fingerprint density at radius 3 is 1.94 bits per heavy atom. The largest absolute Gasteiger partial charge is 0.497 e. The van der Waals surface area contributed by atoms with E-state index in [4.69, 9.17) is 42.3 Å². The molecule has 1 fully saturated rings. The highest BCUT2D eigenvalue weighted by Gasteiger charge is 2.53. The monoisotopic (exact) mass is 656 g/mol. The van der Waals surface area contributed by atoms with E-state index < -0.39 is 72.6 Å². The lowest BCUT2D eigenvalue weighted by Crippen LogP contribution is -2.63. The van der Waals surface area contributed by atoms with Gasteiger partial charge in [-0.25, -0.2) is 0 Å². The number of ether oxygens (including phenoxy) is 8. The average Bonchev–Trinajstić information content (AvgIpc) is 2.98. The highest BCUT2D eigenvalue weighted by Crippen LogP contribution is 2.35. The summed E-state index contributed by atoms with van der Waals surface area (Å²) >= 11 is 0. The second-order valence-corrected chi connectivity index (χ2v) is 10.3. The van der Waals surface area contributed by atoms with Crippen LogP contribution in [0.15, 0.2) is 51.9 Å². The number of carbonyl (C=O) groups excluding carboxylic acids is 5. The summed E-state index contributed by atoms with van der Waals surface area (Å²) in [5.74, 6) is -3.66. The quantitative estimate of drug-likeness (QED) is 0.176. The third-order valence-electron chi connectivity index (χ3n) is 6.67. The maximum Gasteiger partial charge on any atom is 0.308 e. The first-order chi connectivity index (χ1) is 22.3. The summed E-state index contributed by atoms with van der Waals surface area (Å²) in [6, 6.07) is 9.16. The van der Waals surface area contributed by atoms with Gasteiger partial charge in [-0.05, 0) is 17.7 Å². The number of fused-ring (bicyclic) bond motifs is 1. The van der Waals surface area contributed by atoms with Crippen LogP contribution in [0.2, 0.25) is 0 Å². The SMILES string of the molecule is COc1ccc(-c2coc3cc(O[C@@H]4O[C@H](COC(C)=O)[C@@H](OC(C)=O)[C@H](OC(C)=O)[C@H]4OC(C)=O)cc(OC(C)=O)c3c2=O)cc1. The molecule has 0 unspecified atom stereocenters. The van der Waals surface area contributed by atoms with Crippen LogP contribution in [0, 0.1) is 0 Å². The van der Waals surface area contributed by atoms with Gasteiger partial charge in [-0.3, -0.25) is 28.8 Å². The van der Waals surface area contributed by atoms with Gasteiger partial charge in [0, 0.05) is 46.8 Å². The van der Waals surface area contributed by atoms with Gasteiger partial charge in [0.05, 0.1) is 12.7 Å². The molecule has 2 aromatic carbocycles. The Morgan fingerprint density at radius 2 is 1.36 bits per heavy atom. The zero-order valence-electron chi connectivity index (χ0n) is 26.3. The van der Waals surface area contributed by atoms with Crippen molar-refractivity contribution in [1.29, 1.82) is 0 Å². The number of benzene rings is 2. The second kappa shape index (κ2) is 14.8. The first kappa shape index (κ1) is 34.4. The van der Waals surface area contributed by atoms with E-state index in [-0.39, 0.29) is 28.0 Å². The topological polar surface area (TPSA) is 189 Å². The maximum atomic E-state index is 13.7. The van der Waals surface area contributed by atoms with Crippen molar-refractivity contribution in [2.75, 3.05) is 13.7 Å². The van der Waals surface area contributed by atoms with Gasteiger partial charge in [-0.15, -0.1) is 0 Å². The van der Waals surface area contributed by atoms with Crippen LogP contribution >= 0.6 is 0 Å². The van der Waals surface area contributed by atoms with E-state index in [1.807, 2.05) is 0 Å². The molecule has 0 radical (unpaired) electrons. The fraction of sp³-hybridized carbons (Fsp3) is 0.375. The van der Waals surface area contributed by atoms with Crippen LogP contribution in [0.5, 0.6) is 17.2 Å². The van der Waals surface area contributed by atoms with Gasteiger partial charge in [-0.1, -0.05) is 12.1 Å². The smallest absolute Gasteiger partial charge is 0.308 e. The third kappa shape index (κ3) is 8.43. The fourth-order valence-electron chi connectivity index (χ4n) is 4.88. The molecule has 0 aliphatic carbocycles. The van der Waals surface area contributed by atoms with E-state index in [0.717, 1.165) is 34.6 Å². The molecule has 250 valence electrons. The zero-order chi connectivity index (χ0) is 34.4. The minimum atomic E-state index is -1.59. The van der Waals surface area contributed by atoms with Crippen molar-refractivity contribution in [3.05, 3.63) is 52.9 Å². The molecular formula is C32H32O15.